The van der Waals surface area contributed by atoms with E-state index < -0.39 is 0 Å². The van der Waals surface area contributed by atoms with Gasteiger partial charge in [0.1, 0.15) is 16.8 Å². The molecule has 8 heteroatoms. The van der Waals surface area contributed by atoms with Crippen molar-refractivity contribution in [1.82, 2.24) is 4.90 Å². The van der Waals surface area contributed by atoms with Gasteiger partial charge in [-0.1, -0.05) is 15.9 Å². The quantitative estimate of drug-likeness (QED) is 0.601. The molecule has 0 saturated heterocycles. The number of benzene rings is 1. The van der Waals surface area contributed by atoms with E-state index in [1.165, 1.54) is 4.88 Å². The fourth-order valence-corrected chi connectivity index (χ4v) is 5.02. The standard InChI is InChI=1S/C16H13Br2N3OS.ClH/c1-21-3-2-11-12(6-19)16(23-14(11)8-21)20-7-9-4-10(17)5-13(18)15(9)22;/h4-5,7,22H,2-3,8H2,1H3;1H/b20-7+;. The molecule has 0 aliphatic carbocycles. The fraction of sp³-hybridized carbons (Fsp3) is 0.250. The van der Waals surface area contributed by atoms with Gasteiger partial charge in [-0.2, -0.15) is 5.26 Å². The second kappa shape index (κ2) is 7.98. The van der Waals surface area contributed by atoms with Gasteiger partial charge in [-0.15, -0.1) is 23.7 Å². The highest BCUT2D eigenvalue weighted by Crippen LogP contribution is 2.38. The minimum Gasteiger partial charge on any atom is -0.506 e. The molecule has 1 aromatic heterocycles. The van der Waals surface area contributed by atoms with Crippen LogP contribution in [-0.4, -0.2) is 29.8 Å². The Morgan fingerprint density at radius 3 is 2.88 bits per heavy atom. The Morgan fingerprint density at radius 2 is 2.17 bits per heavy atom. The van der Waals surface area contributed by atoms with E-state index in [1.54, 1.807) is 29.7 Å². The molecular formula is C16H14Br2ClN3OS. The third-order valence-electron chi connectivity index (χ3n) is 3.72. The summed E-state index contributed by atoms with van der Waals surface area (Å²) in [6.45, 7) is 1.82. The van der Waals surface area contributed by atoms with Crippen LogP contribution in [0.4, 0.5) is 5.00 Å². The van der Waals surface area contributed by atoms with Crippen molar-refractivity contribution >= 4 is 66.8 Å². The summed E-state index contributed by atoms with van der Waals surface area (Å²) in [5.41, 5.74) is 2.39. The minimum atomic E-state index is 0. The maximum Gasteiger partial charge on any atom is 0.138 e. The summed E-state index contributed by atoms with van der Waals surface area (Å²) >= 11 is 8.26. The SMILES string of the molecule is CN1CCc2c(sc(/N=C/c3cc(Br)cc(Br)c3O)c2C#N)C1.Cl. The van der Waals surface area contributed by atoms with Crippen LogP contribution in [0.1, 0.15) is 21.6 Å². The van der Waals surface area contributed by atoms with Crippen molar-refractivity contribution in [3.8, 4) is 11.8 Å². The van der Waals surface area contributed by atoms with Crippen LogP contribution in [-0.2, 0) is 13.0 Å². The van der Waals surface area contributed by atoms with Gasteiger partial charge in [-0.3, -0.25) is 0 Å². The zero-order chi connectivity index (χ0) is 16.6. The highest BCUT2D eigenvalue weighted by atomic mass is 79.9. The van der Waals surface area contributed by atoms with Crippen LogP contribution in [0, 0.1) is 11.3 Å². The van der Waals surface area contributed by atoms with Crippen molar-refractivity contribution in [2.75, 3.05) is 13.6 Å². The Labute approximate surface area is 167 Å². The van der Waals surface area contributed by atoms with Crippen molar-refractivity contribution in [3.05, 3.63) is 42.6 Å². The number of hydrogen-bond donors (Lipinski definition) is 1. The molecule has 0 amide bonds. The number of thiophene rings is 1. The summed E-state index contributed by atoms with van der Waals surface area (Å²) in [4.78, 5) is 7.92. The number of aliphatic imine (C=N–C) groups is 1. The predicted octanol–water partition coefficient (Wildman–Crippen LogP) is 5.01. The second-order valence-electron chi connectivity index (χ2n) is 5.37. The molecule has 2 aromatic rings. The third-order valence-corrected chi connectivity index (χ3v) is 5.91. The largest absolute Gasteiger partial charge is 0.506 e. The number of fused-ring (bicyclic) bond motifs is 1. The molecule has 2 heterocycles. The monoisotopic (exact) mass is 489 g/mol. The molecule has 0 radical (unpaired) electrons. The van der Waals surface area contributed by atoms with Gasteiger partial charge in [-0.25, -0.2) is 4.99 Å². The molecule has 0 spiro atoms. The van der Waals surface area contributed by atoms with E-state index in [9.17, 15) is 10.4 Å². The summed E-state index contributed by atoms with van der Waals surface area (Å²) in [5, 5.41) is 20.3. The Morgan fingerprint density at radius 1 is 1.42 bits per heavy atom. The number of phenols is 1. The third kappa shape index (κ3) is 3.84. The molecule has 0 atom stereocenters. The lowest BCUT2D eigenvalue weighted by Gasteiger charge is -2.21. The van der Waals surface area contributed by atoms with Gasteiger partial charge < -0.3 is 10.0 Å². The van der Waals surface area contributed by atoms with Gasteiger partial charge in [0.05, 0.1) is 10.0 Å². The van der Waals surface area contributed by atoms with Crippen LogP contribution >= 0.6 is 55.6 Å². The van der Waals surface area contributed by atoms with Crippen LogP contribution in [0.2, 0.25) is 0 Å². The molecule has 3 rings (SSSR count). The molecule has 1 aromatic carbocycles. The van der Waals surface area contributed by atoms with E-state index in [-0.39, 0.29) is 18.2 Å². The normalized spacial score (nSPS) is 14.2. The van der Waals surface area contributed by atoms with Gasteiger partial charge in [-0.05, 0) is 47.1 Å². The topological polar surface area (TPSA) is 59.6 Å². The molecule has 4 nitrogen and oxygen atoms in total. The van der Waals surface area contributed by atoms with Crippen LogP contribution in [0.5, 0.6) is 5.75 Å². The predicted molar refractivity (Wildman–Crippen MR) is 107 cm³/mol. The number of aromatic hydroxyl groups is 1. The molecule has 0 saturated carbocycles. The Hall–Kier alpha value is -0.910. The van der Waals surface area contributed by atoms with Crippen molar-refractivity contribution in [2.24, 2.45) is 4.99 Å². The first-order chi connectivity index (χ1) is 11.0. The molecule has 1 N–H and O–H groups in total. The lowest BCUT2D eigenvalue weighted by Crippen LogP contribution is -2.25. The van der Waals surface area contributed by atoms with Gasteiger partial charge in [0.15, 0.2) is 0 Å². The molecule has 24 heavy (non-hydrogen) atoms. The van der Waals surface area contributed by atoms with Crippen molar-refractivity contribution < 1.29 is 5.11 Å². The molecule has 1 aliphatic rings. The molecule has 0 fully saturated rings. The molecule has 0 bridgehead atoms. The maximum atomic E-state index is 10.1. The summed E-state index contributed by atoms with van der Waals surface area (Å²) in [6, 6.07) is 5.85. The second-order valence-corrected chi connectivity index (χ2v) is 8.22. The maximum absolute atomic E-state index is 10.1. The van der Waals surface area contributed by atoms with E-state index in [1.807, 2.05) is 0 Å². The van der Waals surface area contributed by atoms with Gasteiger partial charge >= 0.3 is 0 Å². The van der Waals surface area contributed by atoms with E-state index in [2.05, 4.69) is 54.9 Å². The van der Waals surface area contributed by atoms with E-state index in [4.69, 9.17) is 0 Å². The van der Waals surface area contributed by atoms with Crippen LogP contribution in [0.25, 0.3) is 0 Å². The zero-order valence-electron chi connectivity index (χ0n) is 12.7. The van der Waals surface area contributed by atoms with Crippen molar-refractivity contribution in [2.45, 2.75) is 13.0 Å². The summed E-state index contributed by atoms with van der Waals surface area (Å²) < 4.78 is 1.44. The Kier molecular flexibility index (Phi) is 6.46. The summed E-state index contributed by atoms with van der Waals surface area (Å²) in [7, 11) is 2.08. The lowest BCUT2D eigenvalue weighted by molar-refractivity contribution is 0.317. The average Bonchev–Trinajstić information content (AvgIpc) is 2.85. The Balaban J connectivity index is 0.00000208. The number of phenolic OH excluding ortho intramolecular Hbond substituents is 1. The number of nitriles is 1. The fourth-order valence-electron chi connectivity index (χ4n) is 2.54. The highest BCUT2D eigenvalue weighted by molar-refractivity contribution is 9.11. The number of halogens is 3. The van der Waals surface area contributed by atoms with E-state index in [0.717, 1.165) is 29.5 Å². The van der Waals surface area contributed by atoms with Crippen molar-refractivity contribution in [1.29, 1.82) is 5.26 Å². The van der Waals surface area contributed by atoms with Gasteiger partial charge in [0, 0.05) is 34.2 Å². The molecule has 1 aliphatic heterocycles. The van der Waals surface area contributed by atoms with E-state index in [0.29, 0.717) is 20.6 Å². The van der Waals surface area contributed by atoms with Crippen LogP contribution in [0.15, 0.2) is 26.1 Å². The van der Waals surface area contributed by atoms with E-state index >= 15 is 0 Å². The molecule has 0 unspecified atom stereocenters. The number of likely N-dealkylation sites (N-methyl/N-ethyl adjacent to an activating group) is 1. The van der Waals surface area contributed by atoms with Crippen LogP contribution < -0.4 is 0 Å². The first kappa shape index (κ1) is 19.4. The average molecular weight is 492 g/mol. The first-order valence-corrected chi connectivity index (χ1v) is 9.35. The number of rotatable bonds is 2. The Bertz CT molecular complexity index is 845. The molecular weight excluding hydrogens is 478 g/mol. The highest BCUT2D eigenvalue weighted by Gasteiger charge is 2.22. The van der Waals surface area contributed by atoms with Crippen molar-refractivity contribution in [3.63, 3.8) is 0 Å². The summed E-state index contributed by atoms with van der Waals surface area (Å²) in [6.07, 6.45) is 2.49. The molecule has 126 valence electrons. The number of hydrogen-bond acceptors (Lipinski definition) is 5. The minimum absolute atomic E-state index is 0. The lowest BCUT2D eigenvalue weighted by atomic mass is 10.0. The van der Waals surface area contributed by atoms with Gasteiger partial charge in [0.2, 0.25) is 0 Å². The van der Waals surface area contributed by atoms with Gasteiger partial charge in [0.25, 0.3) is 0 Å². The van der Waals surface area contributed by atoms with Crippen LogP contribution in [0.3, 0.4) is 0 Å². The first-order valence-electron chi connectivity index (χ1n) is 6.95. The summed E-state index contributed by atoms with van der Waals surface area (Å²) in [5.74, 6) is 0.136. The number of nitrogens with zero attached hydrogens (tertiary/aromatic N) is 3. The smallest absolute Gasteiger partial charge is 0.138 e. The zero-order valence-corrected chi connectivity index (χ0v) is 17.5.